The summed E-state index contributed by atoms with van der Waals surface area (Å²) in [6.45, 7) is 6.26. The van der Waals surface area contributed by atoms with Crippen molar-refractivity contribution >= 4 is 5.91 Å². The van der Waals surface area contributed by atoms with Crippen LogP contribution >= 0.6 is 0 Å². The second-order valence-electron chi connectivity index (χ2n) is 4.88. The minimum atomic E-state index is -1.24. The van der Waals surface area contributed by atoms with E-state index in [1.807, 2.05) is 0 Å². The molecule has 0 spiro atoms. The van der Waals surface area contributed by atoms with Crippen LogP contribution in [-0.4, -0.2) is 17.6 Å². The van der Waals surface area contributed by atoms with Gasteiger partial charge in [0.05, 0.1) is 0 Å². The maximum Gasteiger partial charge on any atom is 0.253 e. The molecule has 0 fully saturated rings. The Morgan fingerprint density at radius 3 is 2.67 bits per heavy atom. The number of rotatable bonds is 5. The van der Waals surface area contributed by atoms with Gasteiger partial charge in [0.2, 0.25) is 0 Å². The van der Waals surface area contributed by atoms with Gasteiger partial charge in [0.25, 0.3) is 5.91 Å². The summed E-state index contributed by atoms with van der Waals surface area (Å²) in [4.78, 5) is 11.7. The Hall–Kier alpha value is -1.42. The molecule has 0 aromatic heterocycles. The molecule has 3 nitrogen and oxygen atoms in total. The Balaban J connectivity index is 2.60. The predicted molar refractivity (Wildman–Crippen MR) is 68.6 cm³/mol. The summed E-state index contributed by atoms with van der Waals surface area (Å²) in [6, 6.07) is 4.17. The van der Waals surface area contributed by atoms with Crippen molar-refractivity contribution in [3.63, 3.8) is 0 Å². The molecule has 1 unspecified atom stereocenters. The lowest BCUT2D eigenvalue weighted by Gasteiger charge is -2.13. The number of nitrogens with one attached hydrogen (secondary N) is 1. The van der Waals surface area contributed by atoms with Crippen molar-refractivity contribution in [3.8, 4) is 0 Å². The zero-order valence-electron chi connectivity index (χ0n) is 11.0. The van der Waals surface area contributed by atoms with E-state index in [1.165, 1.54) is 18.2 Å². The average molecular weight is 253 g/mol. The van der Waals surface area contributed by atoms with Crippen LogP contribution in [0.4, 0.5) is 4.39 Å². The largest absolute Gasteiger partial charge is 0.378 e. The number of benzene rings is 1. The highest BCUT2D eigenvalue weighted by Gasteiger charge is 2.17. The molecule has 0 bridgehead atoms. The smallest absolute Gasteiger partial charge is 0.253 e. The highest BCUT2D eigenvalue weighted by Crippen LogP contribution is 2.16. The number of carbonyl (C=O) groups is 1. The first-order valence-corrected chi connectivity index (χ1v) is 6.13. The maximum atomic E-state index is 13.1. The highest BCUT2D eigenvalue weighted by atomic mass is 19.1. The molecule has 4 heteroatoms. The van der Waals surface area contributed by atoms with E-state index in [4.69, 9.17) is 0 Å². The quantitative estimate of drug-likeness (QED) is 0.846. The van der Waals surface area contributed by atoms with E-state index in [0.717, 1.165) is 6.42 Å². The molecule has 18 heavy (non-hydrogen) atoms. The van der Waals surface area contributed by atoms with Gasteiger partial charge in [-0.3, -0.25) is 4.79 Å². The Morgan fingerprint density at radius 2 is 2.11 bits per heavy atom. The lowest BCUT2D eigenvalue weighted by Crippen LogP contribution is -2.30. The first-order valence-electron chi connectivity index (χ1n) is 6.13. The third-order valence-corrected chi connectivity index (χ3v) is 2.77. The van der Waals surface area contributed by atoms with E-state index >= 15 is 0 Å². The maximum absolute atomic E-state index is 13.1. The van der Waals surface area contributed by atoms with Crippen molar-refractivity contribution in [3.05, 3.63) is 35.1 Å². The van der Waals surface area contributed by atoms with Crippen LogP contribution in [0.2, 0.25) is 0 Å². The topological polar surface area (TPSA) is 49.3 Å². The van der Waals surface area contributed by atoms with Gasteiger partial charge in [0, 0.05) is 6.54 Å². The van der Waals surface area contributed by atoms with Crippen LogP contribution in [0.5, 0.6) is 0 Å². The molecule has 1 aromatic rings. The van der Waals surface area contributed by atoms with Crippen LogP contribution in [0.3, 0.4) is 0 Å². The second-order valence-corrected chi connectivity index (χ2v) is 4.88. The summed E-state index contributed by atoms with van der Waals surface area (Å²) in [5, 5.41) is 12.5. The van der Waals surface area contributed by atoms with Crippen molar-refractivity contribution in [2.45, 2.75) is 33.3 Å². The monoisotopic (exact) mass is 253 g/mol. The van der Waals surface area contributed by atoms with E-state index in [2.05, 4.69) is 19.2 Å². The summed E-state index contributed by atoms with van der Waals surface area (Å²) in [6.07, 6.45) is -0.377. The molecule has 0 aliphatic carbocycles. The van der Waals surface area contributed by atoms with E-state index in [-0.39, 0.29) is 5.82 Å². The number of carbonyl (C=O) groups excluding carboxylic acids is 1. The van der Waals surface area contributed by atoms with Crippen LogP contribution in [0, 0.1) is 18.7 Å². The average Bonchev–Trinajstić information content (AvgIpc) is 2.31. The third kappa shape index (κ3) is 4.11. The molecule has 0 heterocycles. The SMILES string of the molecule is Cc1cc(C(O)C(=O)NCCC(C)C)ccc1F. The molecule has 1 atom stereocenters. The number of hydrogen-bond acceptors (Lipinski definition) is 2. The van der Waals surface area contributed by atoms with E-state index < -0.39 is 12.0 Å². The van der Waals surface area contributed by atoms with Gasteiger partial charge in [-0.05, 0) is 36.5 Å². The first kappa shape index (κ1) is 14.6. The van der Waals surface area contributed by atoms with E-state index in [9.17, 15) is 14.3 Å². The number of aliphatic hydroxyl groups is 1. The summed E-state index contributed by atoms with van der Waals surface area (Å²) >= 11 is 0. The molecule has 0 aliphatic heterocycles. The van der Waals surface area contributed by atoms with Gasteiger partial charge in [0.15, 0.2) is 6.10 Å². The zero-order chi connectivity index (χ0) is 13.7. The number of aryl methyl sites for hydroxylation is 1. The zero-order valence-corrected chi connectivity index (χ0v) is 11.0. The van der Waals surface area contributed by atoms with Crippen LogP contribution in [0.15, 0.2) is 18.2 Å². The van der Waals surface area contributed by atoms with Crippen molar-refractivity contribution in [2.24, 2.45) is 5.92 Å². The molecule has 0 radical (unpaired) electrons. The van der Waals surface area contributed by atoms with Crippen molar-refractivity contribution in [1.82, 2.24) is 5.32 Å². The fourth-order valence-electron chi connectivity index (χ4n) is 1.57. The van der Waals surface area contributed by atoms with Gasteiger partial charge in [-0.2, -0.15) is 0 Å². The van der Waals surface area contributed by atoms with Gasteiger partial charge in [-0.1, -0.05) is 26.0 Å². The molecule has 100 valence electrons. The van der Waals surface area contributed by atoms with Crippen LogP contribution in [0.1, 0.15) is 37.5 Å². The summed E-state index contributed by atoms with van der Waals surface area (Å²) in [5.41, 5.74) is 0.831. The predicted octanol–water partition coefficient (Wildman–Crippen LogP) is 2.33. The van der Waals surface area contributed by atoms with Crippen molar-refractivity contribution < 1.29 is 14.3 Å². The fraction of sp³-hybridized carbons (Fsp3) is 0.500. The molecule has 1 aromatic carbocycles. The highest BCUT2D eigenvalue weighted by molar-refractivity contribution is 5.81. The standard InChI is InChI=1S/C14H20FNO2/c1-9(2)6-7-16-14(18)13(17)11-4-5-12(15)10(3)8-11/h4-5,8-9,13,17H,6-7H2,1-3H3,(H,16,18). The van der Waals surface area contributed by atoms with E-state index in [0.29, 0.717) is 23.6 Å². The summed E-state index contributed by atoms with van der Waals surface area (Å²) < 4.78 is 13.1. The molecular formula is C14H20FNO2. The number of halogens is 1. The Morgan fingerprint density at radius 1 is 1.44 bits per heavy atom. The summed E-state index contributed by atoms with van der Waals surface area (Å²) in [5.74, 6) is -0.289. The van der Waals surface area contributed by atoms with Gasteiger partial charge < -0.3 is 10.4 Å². The molecule has 0 saturated carbocycles. The van der Waals surface area contributed by atoms with Gasteiger partial charge in [-0.25, -0.2) is 4.39 Å². The molecular weight excluding hydrogens is 233 g/mol. The molecule has 2 N–H and O–H groups in total. The van der Waals surface area contributed by atoms with Crippen molar-refractivity contribution in [1.29, 1.82) is 0 Å². The van der Waals surface area contributed by atoms with Gasteiger partial charge in [0.1, 0.15) is 5.82 Å². The molecule has 1 rings (SSSR count). The lowest BCUT2D eigenvalue weighted by molar-refractivity contribution is -0.129. The van der Waals surface area contributed by atoms with E-state index in [1.54, 1.807) is 6.92 Å². The number of hydrogen-bond donors (Lipinski definition) is 2. The molecule has 1 amide bonds. The Bertz CT molecular complexity index is 418. The summed E-state index contributed by atoms with van der Waals surface area (Å²) in [7, 11) is 0. The molecule has 0 saturated heterocycles. The Kier molecular flexibility index (Phi) is 5.28. The Labute approximate surface area is 107 Å². The second kappa shape index (κ2) is 6.50. The number of aliphatic hydroxyl groups excluding tert-OH is 1. The van der Waals surface area contributed by atoms with Crippen LogP contribution in [0.25, 0.3) is 0 Å². The third-order valence-electron chi connectivity index (χ3n) is 2.77. The lowest BCUT2D eigenvalue weighted by atomic mass is 10.1. The first-order chi connectivity index (χ1) is 8.41. The fourth-order valence-corrected chi connectivity index (χ4v) is 1.57. The van der Waals surface area contributed by atoms with Crippen molar-refractivity contribution in [2.75, 3.05) is 6.54 Å². The normalized spacial score (nSPS) is 12.6. The van der Waals surface area contributed by atoms with Crippen LogP contribution < -0.4 is 5.32 Å². The minimum absolute atomic E-state index is 0.342. The van der Waals surface area contributed by atoms with Crippen LogP contribution in [-0.2, 0) is 4.79 Å². The number of amides is 1. The van der Waals surface area contributed by atoms with Gasteiger partial charge in [-0.15, -0.1) is 0 Å². The van der Waals surface area contributed by atoms with Gasteiger partial charge >= 0.3 is 0 Å². The molecule has 0 aliphatic rings. The minimum Gasteiger partial charge on any atom is -0.378 e.